The van der Waals surface area contributed by atoms with Crippen LogP contribution in [0, 0.1) is 5.41 Å². The topological polar surface area (TPSA) is 75.6 Å². The number of alkyl carbamates (subject to hydrolysis) is 1. The maximum atomic E-state index is 13.3. The van der Waals surface area contributed by atoms with Crippen molar-refractivity contribution in [1.82, 2.24) is 5.32 Å². The first-order valence-corrected chi connectivity index (χ1v) is 9.56. The summed E-state index contributed by atoms with van der Waals surface area (Å²) in [5.41, 5.74) is 2.47. The second kappa shape index (κ2) is 7.13. The van der Waals surface area contributed by atoms with Crippen LogP contribution in [0.15, 0.2) is 48.5 Å². The van der Waals surface area contributed by atoms with Crippen LogP contribution < -0.4 is 5.32 Å². The number of nitrogens with one attached hydrogen (secondary N) is 1. The van der Waals surface area contributed by atoms with Gasteiger partial charge in [0.05, 0.1) is 0 Å². The summed E-state index contributed by atoms with van der Waals surface area (Å²) in [5, 5.41) is 11.5. The number of ether oxygens (including phenoxy) is 1. The molecule has 0 saturated heterocycles. The normalized spacial score (nSPS) is 21.2. The van der Waals surface area contributed by atoms with Gasteiger partial charge in [-0.05, 0) is 35.1 Å². The Labute approximate surface area is 166 Å². The molecule has 0 aromatic heterocycles. The summed E-state index contributed by atoms with van der Waals surface area (Å²) in [5.74, 6) is -4.71. The zero-order chi connectivity index (χ0) is 20.6. The molecule has 4 rings (SSSR count). The Kier molecular flexibility index (Phi) is 4.76. The fourth-order valence-electron chi connectivity index (χ4n) is 4.18. The van der Waals surface area contributed by atoms with Crippen molar-refractivity contribution in [3.8, 4) is 11.1 Å². The van der Waals surface area contributed by atoms with Crippen LogP contribution in [0.3, 0.4) is 0 Å². The van der Waals surface area contributed by atoms with Crippen molar-refractivity contribution in [2.75, 3.05) is 13.2 Å². The standard InChI is InChI=1S/C22H21F2NO4/c23-22(24)13-21(22,19(26)27)10-5-11-25-20(28)29-12-18-16-8-3-1-6-14(16)15-7-2-4-9-17(15)18/h1-4,6-9,18H,5,10-13H2,(H,25,28)(H,26,27). The quantitative estimate of drug-likeness (QED) is 0.674. The molecular weight excluding hydrogens is 380 g/mol. The van der Waals surface area contributed by atoms with E-state index in [9.17, 15) is 18.4 Å². The number of hydrogen-bond donors (Lipinski definition) is 2. The van der Waals surface area contributed by atoms with Crippen LogP contribution in [-0.4, -0.2) is 36.2 Å². The van der Waals surface area contributed by atoms with E-state index in [0.29, 0.717) is 0 Å². The highest BCUT2D eigenvalue weighted by atomic mass is 19.3. The number of fused-ring (bicyclic) bond motifs is 3. The fraction of sp³-hybridized carbons (Fsp3) is 0.364. The van der Waals surface area contributed by atoms with E-state index in [1.54, 1.807) is 0 Å². The van der Waals surface area contributed by atoms with E-state index < -0.39 is 29.8 Å². The number of alkyl halides is 2. The van der Waals surface area contributed by atoms with Gasteiger partial charge in [-0.3, -0.25) is 4.79 Å². The van der Waals surface area contributed by atoms with Crippen molar-refractivity contribution >= 4 is 12.1 Å². The summed E-state index contributed by atoms with van der Waals surface area (Å²) in [6, 6.07) is 16.0. The predicted octanol–water partition coefficient (Wildman–Crippen LogP) is 4.42. The van der Waals surface area contributed by atoms with Crippen LogP contribution in [0.5, 0.6) is 0 Å². The van der Waals surface area contributed by atoms with Crippen molar-refractivity contribution in [2.45, 2.75) is 31.1 Å². The lowest BCUT2D eigenvalue weighted by Gasteiger charge is -2.15. The molecule has 7 heteroatoms. The minimum atomic E-state index is -3.16. The molecule has 0 bridgehead atoms. The molecule has 2 aromatic carbocycles. The fourth-order valence-corrected chi connectivity index (χ4v) is 4.18. The van der Waals surface area contributed by atoms with Gasteiger partial charge in [-0.1, -0.05) is 48.5 Å². The van der Waals surface area contributed by atoms with Crippen molar-refractivity contribution < 1.29 is 28.2 Å². The Hall–Kier alpha value is -2.96. The summed E-state index contributed by atoms with van der Waals surface area (Å²) < 4.78 is 32.0. The third kappa shape index (κ3) is 3.34. The molecule has 1 amide bonds. The Morgan fingerprint density at radius 3 is 2.14 bits per heavy atom. The maximum absolute atomic E-state index is 13.3. The van der Waals surface area contributed by atoms with E-state index in [1.165, 1.54) is 0 Å². The molecule has 2 aromatic rings. The van der Waals surface area contributed by atoms with Crippen LogP contribution in [-0.2, 0) is 9.53 Å². The number of carbonyl (C=O) groups excluding carboxylic acids is 1. The van der Waals surface area contributed by atoms with Crippen molar-refractivity contribution in [1.29, 1.82) is 0 Å². The number of benzene rings is 2. The molecule has 152 valence electrons. The highest BCUT2D eigenvalue weighted by Crippen LogP contribution is 2.63. The number of carboxylic acid groups (broad SMARTS) is 1. The highest BCUT2D eigenvalue weighted by Gasteiger charge is 2.75. The largest absolute Gasteiger partial charge is 0.481 e. The summed E-state index contributed by atoms with van der Waals surface area (Å²) >= 11 is 0. The van der Waals surface area contributed by atoms with E-state index in [1.807, 2.05) is 48.5 Å². The van der Waals surface area contributed by atoms with Gasteiger partial charge in [-0.2, -0.15) is 0 Å². The van der Waals surface area contributed by atoms with Gasteiger partial charge in [0.1, 0.15) is 12.0 Å². The minimum Gasteiger partial charge on any atom is -0.481 e. The predicted molar refractivity (Wildman–Crippen MR) is 102 cm³/mol. The van der Waals surface area contributed by atoms with Gasteiger partial charge in [0, 0.05) is 18.9 Å². The van der Waals surface area contributed by atoms with Crippen LogP contribution in [0.1, 0.15) is 36.3 Å². The molecule has 0 heterocycles. The van der Waals surface area contributed by atoms with Gasteiger partial charge in [0.15, 0.2) is 0 Å². The Bertz CT molecular complexity index is 916. The van der Waals surface area contributed by atoms with Crippen LogP contribution in [0.4, 0.5) is 13.6 Å². The summed E-state index contributed by atoms with van der Waals surface area (Å²) in [6.07, 6.45) is -1.32. The molecule has 2 N–H and O–H groups in total. The summed E-state index contributed by atoms with van der Waals surface area (Å²) in [7, 11) is 0. The first-order valence-electron chi connectivity index (χ1n) is 9.56. The van der Waals surface area contributed by atoms with Crippen LogP contribution in [0.2, 0.25) is 0 Å². The van der Waals surface area contributed by atoms with Crippen molar-refractivity contribution in [3.63, 3.8) is 0 Å². The maximum Gasteiger partial charge on any atom is 0.407 e. The number of rotatable bonds is 7. The average Bonchev–Trinajstić information content (AvgIpc) is 3.13. The first kappa shape index (κ1) is 19.4. The molecule has 0 spiro atoms. The van der Waals surface area contributed by atoms with Gasteiger partial charge < -0.3 is 15.2 Å². The second-order valence-corrected chi connectivity index (χ2v) is 7.62. The van der Waals surface area contributed by atoms with Gasteiger partial charge in [-0.25, -0.2) is 13.6 Å². The number of hydrogen-bond acceptors (Lipinski definition) is 3. The summed E-state index contributed by atoms with van der Waals surface area (Å²) in [4.78, 5) is 23.1. The lowest BCUT2D eigenvalue weighted by Crippen LogP contribution is -2.29. The monoisotopic (exact) mass is 401 g/mol. The zero-order valence-electron chi connectivity index (χ0n) is 15.7. The van der Waals surface area contributed by atoms with Crippen LogP contribution >= 0.6 is 0 Å². The van der Waals surface area contributed by atoms with E-state index in [2.05, 4.69) is 5.32 Å². The third-order valence-electron chi connectivity index (χ3n) is 5.90. The molecule has 5 nitrogen and oxygen atoms in total. The lowest BCUT2D eigenvalue weighted by atomic mass is 9.98. The Morgan fingerprint density at radius 1 is 1.07 bits per heavy atom. The molecule has 2 aliphatic carbocycles. The SMILES string of the molecule is O=C(NCCCC1(C(=O)O)CC1(F)F)OCC1c2ccccc2-c2ccccc21. The molecule has 0 radical (unpaired) electrons. The molecule has 1 unspecified atom stereocenters. The highest BCUT2D eigenvalue weighted by molar-refractivity contribution is 5.80. The van der Waals surface area contributed by atoms with Gasteiger partial charge in [-0.15, -0.1) is 0 Å². The summed E-state index contributed by atoms with van der Waals surface area (Å²) in [6.45, 7) is 0.249. The number of amides is 1. The molecule has 2 aliphatic rings. The Balaban J connectivity index is 1.29. The average molecular weight is 401 g/mol. The number of carbonyl (C=O) groups is 2. The van der Waals surface area contributed by atoms with Gasteiger partial charge in [0.25, 0.3) is 5.92 Å². The molecule has 1 atom stereocenters. The van der Waals surface area contributed by atoms with E-state index >= 15 is 0 Å². The van der Waals surface area contributed by atoms with Gasteiger partial charge in [0.2, 0.25) is 0 Å². The second-order valence-electron chi connectivity index (χ2n) is 7.62. The van der Waals surface area contributed by atoms with E-state index in [-0.39, 0.29) is 31.9 Å². The molecule has 1 fully saturated rings. The third-order valence-corrected chi connectivity index (χ3v) is 5.90. The number of halogens is 2. The van der Waals surface area contributed by atoms with E-state index in [4.69, 9.17) is 9.84 Å². The lowest BCUT2D eigenvalue weighted by molar-refractivity contribution is -0.148. The minimum absolute atomic E-state index is 0.0615. The molecule has 29 heavy (non-hydrogen) atoms. The smallest absolute Gasteiger partial charge is 0.407 e. The van der Waals surface area contributed by atoms with Gasteiger partial charge >= 0.3 is 12.1 Å². The van der Waals surface area contributed by atoms with Crippen molar-refractivity contribution in [2.24, 2.45) is 5.41 Å². The Morgan fingerprint density at radius 2 is 1.62 bits per heavy atom. The molecular formula is C22H21F2NO4. The van der Waals surface area contributed by atoms with Crippen LogP contribution in [0.25, 0.3) is 11.1 Å². The number of aliphatic carboxylic acids is 1. The first-order chi connectivity index (χ1) is 13.9. The molecule has 1 saturated carbocycles. The molecule has 0 aliphatic heterocycles. The van der Waals surface area contributed by atoms with E-state index in [0.717, 1.165) is 22.3 Å². The van der Waals surface area contributed by atoms with Crippen molar-refractivity contribution in [3.05, 3.63) is 59.7 Å². The number of carboxylic acids is 1. The zero-order valence-corrected chi connectivity index (χ0v) is 15.7.